The number of carbonyl (C=O) groups excluding carboxylic acids is 1. The Morgan fingerprint density at radius 2 is 1.96 bits per heavy atom. The zero-order valence-corrected chi connectivity index (χ0v) is 13.8. The molecule has 3 rings (SSSR count). The summed E-state index contributed by atoms with van der Waals surface area (Å²) >= 11 is 0. The summed E-state index contributed by atoms with van der Waals surface area (Å²) in [6.45, 7) is 1.67. The number of fused-ring (bicyclic) bond motifs is 1. The van der Waals surface area contributed by atoms with Crippen LogP contribution in [0.25, 0.3) is 11.0 Å². The van der Waals surface area contributed by atoms with Crippen LogP contribution in [-0.2, 0) is 9.53 Å². The molecule has 0 fully saturated rings. The highest BCUT2D eigenvalue weighted by Gasteiger charge is 2.25. The lowest BCUT2D eigenvalue weighted by Crippen LogP contribution is -2.20. The molecule has 2 heterocycles. The third kappa shape index (κ3) is 3.35. The molecule has 0 saturated carbocycles. The number of rotatable bonds is 4. The largest absolute Gasteiger partial charge is 0.507 e. The molecular weight excluding hydrogens is 322 g/mol. The second-order valence-electron chi connectivity index (χ2n) is 5.72. The van der Waals surface area contributed by atoms with Gasteiger partial charge in [-0.1, -0.05) is 6.07 Å². The highest BCUT2D eigenvalue weighted by atomic mass is 16.5. The Balaban J connectivity index is 2.17. The number of pyridine rings is 1. The fourth-order valence-corrected chi connectivity index (χ4v) is 2.85. The van der Waals surface area contributed by atoms with Crippen molar-refractivity contribution in [3.05, 3.63) is 63.8 Å². The maximum absolute atomic E-state index is 12.4. The van der Waals surface area contributed by atoms with Crippen molar-refractivity contribution in [3.8, 4) is 5.75 Å². The summed E-state index contributed by atoms with van der Waals surface area (Å²) in [5.74, 6) is -1.30. The van der Waals surface area contributed by atoms with Gasteiger partial charge in [0, 0.05) is 24.0 Å². The van der Waals surface area contributed by atoms with Crippen molar-refractivity contribution in [3.63, 3.8) is 0 Å². The molecule has 25 heavy (non-hydrogen) atoms. The molecule has 0 bridgehead atoms. The van der Waals surface area contributed by atoms with Gasteiger partial charge in [0.15, 0.2) is 0 Å². The molecule has 0 saturated heterocycles. The smallest absolute Gasteiger partial charge is 0.306 e. The average molecular weight is 339 g/mol. The van der Waals surface area contributed by atoms with Gasteiger partial charge in [-0.15, -0.1) is 0 Å². The third-order valence-electron chi connectivity index (χ3n) is 4.03. The first-order chi connectivity index (χ1) is 12.0. The van der Waals surface area contributed by atoms with Gasteiger partial charge >= 0.3 is 5.97 Å². The van der Waals surface area contributed by atoms with Gasteiger partial charge in [-0.3, -0.25) is 19.6 Å². The minimum Gasteiger partial charge on any atom is -0.507 e. The number of hydrogen-bond acceptors (Lipinski definition) is 6. The lowest BCUT2D eigenvalue weighted by atomic mass is 9.88. The Morgan fingerprint density at radius 3 is 2.64 bits per heavy atom. The van der Waals surface area contributed by atoms with Gasteiger partial charge in [0.2, 0.25) is 0 Å². The molecular formula is C18H17N3O4. The fraction of sp³-hybridized carbons (Fsp3) is 0.222. The minimum absolute atomic E-state index is 0.0814. The molecule has 0 spiro atoms. The number of esters is 1. The number of carbonyl (C=O) groups is 1. The van der Waals surface area contributed by atoms with Crippen molar-refractivity contribution in [1.82, 2.24) is 15.0 Å². The van der Waals surface area contributed by atoms with E-state index in [-0.39, 0.29) is 17.7 Å². The van der Waals surface area contributed by atoms with E-state index in [0.717, 1.165) is 0 Å². The Bertz CT molecular complexity index is 997. The number of aryl methyl sites for hydroxylation is 1. The zero-order valence-electron chi connectivity index (χ0n) is 13.8. The number of nitrogens with zero attached hydrogens (tertiary/aromatic N) is 2. The van der Waals surface area contributed by atoms with E-state index in [0.29, 0.717) is 22.3 Å². The molecule has 0 aliphatic carbocycles. The number of aromatic nitrogens is 3. The maximum atomic E-state index is 12.4. The molecule has 0 aliphatic rings. The maximum Gasteiger partial charge on any atom is 0.306 e. The molecule has 7 nitrogen and oxygen atoms in total. The summed E-state index contributed by atoms with van der Waals surface area (Å²) in [6, 6.07) is 6.75. The molecule has 2 aromatic heterocycles. The summed E-state index contributed by atoms with van der Waals surface area (Å²) in [5.41, 5.74) is 2.23. The number of benzene rings is 1. The van der Waals surface area contributed by atoms with Crippen LogP contribution in [0.2, 0.25) is 0 Å². The molecule has 0 amide bonds. The van der Waals surface area contributed by atoms with Crippen LogP contribution in [0.1, 0.15) is 29.2 Å². The lowest BCUT2D eigenvalue weighted by Gasteiger charge is -2.18. The van der Waals surface area contributed by atoms with Crippen LogP contribution in [0.15, 0.2) is 41.5 Å². The average Bonchev–Trinajstić information content (AvgIpc) is 2.59. The Kier molecular flexibility index (Phi) is 4.47. The third-order valence-corrected chi connectivity index (χ3v) is 4.03. The van der Waals surface area contributed by atoms with Gasteiger partial charge in [-0.2, -0.15) is 0 Å². The predicted octanol–water partition coefficient (Wildman–Crippen LogP) is 2.03. The Hall–Kier alpha value is -3.22. The fourth-order valence-electron chi connectivity index (χ4n) is 2.85. The van der Waals surface area contributed by atoms with E-state index in [9.17, 15) is 14.7 Å². The summed E-state index contributed by atoms with van der Waals surface area (Å²) < 4.78 is 4.75. The van der Waals surface area contributed by atoms with Crippen LogP contribution in [0.5, 0.6) is 5.75 Å². The number of aromatic amines is 1. The van der Waals surface area contributed by atoms with E-state index in [1.165, 1.54) is 13.2 Å². The number of hydrogen-bond donors (Lipinski definition) is 2. The van der Waals surface area contributed by atoms with E-state index < -0.39 is 17.4 Å². The Morgan fingerprint density at radius 1 is 1.24 bits per heavy atom. The van der Waals surface area contributed by atoms with Crippen molar-refractivity contribution < 1.29 is 14.6 Å². The topological polar surface area (TPSA) is 105 Å². The molecule has 128 valence electrons. The number of nitrogens with one attached hydrogen (secondary N) is 1. The van der Waals surface area contributed by atoms with Crippen molar-refractivity contribution in [2.45, 2.75) is 19.3 Å². The highest BCUT2D eigenvalue weighted by molar-refractivity contribution is 5.76. The SMILES string of the molecule is COC(=O)C[C@H](c1ccc2nccnc2c1)c1c(O)cc(C)[nH]c1=O. The van der Waals surface area contributed by atoms with Crippen LogP contribution in [0.3, 0.4) is 0 Å². The van der Waals surface area contributed by atoms with Crippen LogP contribution >= 0.6 is 0 Å². The molecule has 0 aliphatic heterocycles. The molecule has 0 radical (unpaired) electrons. The quantitative estimate of drug-likeness (QED) is 0.705. The number of methoxy groups -OCH3 is 1. The van der Waals surface area contributed by atoms with Crippen molar-refractivity contribution >= 4 is 17.0 Å². The second kappa shape index (κ2) is 6.72. The predicted molar refractivity (Wildman–Crippen MR) is 91.5 cm³/mol. The van der Waals surface area contributed by atoms with Gasteiger partial charge < -0.3 is 14.8 Å². The molecule has 3 aromatic rings. The molecule has 7 heteroatoms. The molecule has 1 aromatic carbocycles. The van der Waals surface area contributed by atoms with E-state index in [4.69, 9.17) is 4.74 Å². The van der Waals surface area contributed by atoms with Crippen LogP contribution < -0.4 is 5.56 Å². The van der Waals surface area contributed by atoms with Crippen LogP contribution in [0.4, 0.5) is 0 Å². The molecule has 0 unspecified atom stereocenters. The number of aromatic hydroxyl groups is 1. The van der Waals surface area contributed by atoms with Gasteiger partial charge in [0.25, 0.3) is 5.56 Å². The van der Waals surface area contributed by atoms with Gasteiger partial charge in [-0.25, -0.2) is 0 Å². The molecule has 2 N–H and O–H groups in total. The van der Waals surface area contributed by atoms with Gasteiger partial charge in [-0.05, 0) is 30.7 Å². The van der Waals surface area contributed by atoms with Crippen LogP contribution in [-0.4, -0.2) is 33.1 Å². The van der Waals surface area contributed by atoms with Gasteiger partial charge in [0.05, 0.1) is 30.1 Å². The van der Waals surface area contributed by atoms with Crippen molar-refractivity contribution in [2.24, 2.45) is 0 Å². The van der Waals surface area contributed by atoms with E-state index in [1.807, 2.05) is 0 Å². The van der Waals surface area contributed by atoms with Crippen LogP contribution in [0, 0.1) is 6.92 Å². The second-order valence-corrected chi connectivity index (χ2v) is 5.72. The van der Waals surface area contributed by atoms with Crippen molar-refractivity contribution in [2.75, 3.05) is 7.11 Å². The zero-order chi connectivity index (χ0) is 18.0. The van der Waals surface area contributed by atoms with E-state index in [2.05, 4.69) is 15.0 Å². The normalized spacial score (nSPS) is 12.1. The summed E-state index contributed by atoms with van der Waals surface area (Å²) in [5, 5.41) is 10.3. The first-order valence-corrected chi connectivity index (χ1v) is 7.70. The summed E-state index contributed by atoms with van der Waals surface area (Å²) in [4.78, 5) is 35.4. The Labute approximate surface area is 143 Å². The number of ether oxygens (including phenoxy) is 1. The van der Waals surface area contributed by atoms with E-state index >= 15 is 0 Å². The lowest BCUT2D eigenvalue weighted by molar-refractivity contribution is -0.140. The number of H-pyrrole nitrogens is 1. The highest BCUT2D eigenvalue weighted by Crippen LogP contribution is 2.32. The van der Waals surface area contributed by atoms with Gasteiger partial charge in [0.1, 0.15) is 5.75 Å². The van der Waals surface area contributed by atoms with Crippen molar-refractivity contribution in [1.29, 1.82) is 0 Å². The standard InChI is InChI=1S/C18H17N3O4/c1-10-7-15(22)17(18(24)21-10)12(9-16(23)25-2)11-3-4-13-14(8-11)20-6-5-19-13/h3-8,12H,9H2,1-2H3,(H2,21,22,24)/t12-/m1/s1. The minimum atomic E-state index is -0.664. The first-order valence-electron chi connectivity index (χ1n) is 7.70. The summed E-state index contributed by atoms with van der Waals surface area (Å²) in [7, 11) is 1.28. The first kappa shape index (κ1) is 16.6. The summed E-state index contributed by atoms with van der Waals surface area (Å²) in [6.07, 6.45) is 3.07. The monoisotopic (exact) mass is 339 g/mol. The van der Waals surface area contributed by atoms with E-state index in [1.54, 1.807) is 37.5 Å². The molecule has 1 atom stereocenters.